The van der Waals surface area contributed by atoms with Gasteiger partial charge in [0.15, 0.2) is 0 Å². The fraction of sp³-hybridized carbons (Fsp3) is 0.393. The number of hydrogen-bond acceptors (Lipinski definition) is 2. The second-order valence-electron chi connectivity index (χ2n) is 9.77. The second kappa shape index (κ2) is 8.63. The Kier molecular flexibility index (Phi) is 6.36. The van der Waals surface area contributed by atoms with E-state index in [0.717, 1.165) is 5.56 Å². The smallest absolute Gasteiger partial charge is 0.310 e. The maximum absolute atomic E-state index is 12.7. The Balaban J connectivity index is 2.11. The summed E-state index contributed by atoms with van der Waals surface area (Å²) in [4.78, 5) is 12.7. The predicted octanol–water partition coefficient (Wildman–Crippen LogP) is 7.64. The van der Waals surface area contributed by atoms with Gasteiger partial charge in [-0.25, -0.2) is 0 Å². The molecular formula is C28H34O2. The molecule has 30 heavy (non-hydrogen) atoms. The van der Waals surface area contributed by atoms with Gasteiger partial charge in [-0.3, -0.25) is 4.79 Å². The summed E-state index contributed by atoms with van der Waals surface area (Å²) in [6, 6.07) is 19.6. The molecular weight excluding hydrogens is 368 g/mol. The van der Waals surface area contributed by atoms with E-state index in [0.29, 0.717) is 18.3 Å². The van der Waals surface area contributed by atoms with Gasteiger partial charge in [-0.15, -0.1) is 0 Å². The molecule has 0 radical (unpaired) electrons. The lowest BCUT2D eigenvalue weighted by molar-refractivity contribution is -0.153. The molecule has 0 bridgehead atoms. The molecule has 0 heterocycles. The van der Waals surface area contributed by atoms with E-state index in [9.17, 15) is 4.79 Å². The number of ether oxygens (including phenoxy) is 1. The van der Waals surface area contributed by atoms with Crippen molar-refractivity contribution in [1.29, 1.82) is 0 Å². The quantitative estimate of drug-likeness (QED) is 0.410. The van der Waals surface area contributed by atoms with Crippen LogP contribution in [0.15, 0.2) is 54.6 Å². The van der Waals surface area contributed by atoms with Gasteiger partial charge in [0.05, 0.1) is 6.42 Å². The van der Waals surface area contributed by atoms with Crippen LogP contribution >= 0.6 is 0 Å². The van der Waals surface area contributed by atoms with Crippen LogP contribution in [0, 0.1) is 0 Å². The number of esters is 1. The lowest BCUT2D eigenvalue weighted by atomic mass is 9.84. The molecule has 0 saturated carbocycles. The zero-order valence-electron chi connectivity index (χ0n) is 19.4. The number of hydrogen-bond donors (Lipinski definition) is 0. The van der Waals surface area contributed by atoms with Crippen molar-refractivity contribution in [3.63, 3.8) is 0 Å². The van der Waals surface area contributed by atoms with Crippen LogP contribution in [-0.2, 0) is 16.0 Å². The number of carbonyl (C=O) groups excluding carboxylic acids is 1. The highest BCUT2D eigenvalue weighted by Crippen LogP contribution is 2.35. The summed E-state index contributed by atoms with van der Waals surface area (Å²) in [6.07, 6.45) is 0.316. The minimum absolute atomic E-state index is 0.162. The molecule has 0 aliphatic heterocycles. The molecule has 2 heteroatoms. The Bertz CT molecular complexity index is 1020. The number of rotatable bonds is 5. The van der Waals surface area contributed by atoms with Crippen LogP contribution in [0.25, 0.3) is 21.9 Å². The Morgan fingerprint density at radius 3 is 1.90 bits per heavy atom. The molecule has 0 unspecified atom stereocenters. The van der Waals surface area contributed by atoms with E-state index in [1.54, 1.807) is 0 Å². The van der Waals surface area contributed by atoms with Gasteiger partial charge in [-0.2, -0.15) is 0 Å². The predicted molar refractivity (Wildman–Crippen MR) is 127 cm³/mol. The zero-order valence-corrected chi connectivity index (χ0v) is 19.4. The molecule has 3 rings (SSSR count). The Morgan fingerprint density at radius 2 is 1.37 bits per heavy atom. The van der Waals surface area contributed by atoms with E-state index in [2.05, 4.69) is 82.3 Å². The molecule has 0 saturated heterocycles. The third-order valence-electron chi connectivity index (χ3n) is 5.39. The number of fused-ring (bicyclic) bond motifs is 1. The van der Waals surface area contributed by atoms with Gasteiger partial charge in [0.1, 0.15) is 5.60 Å². The van der Waals surface area contributed by atoms with Crippen molar-refractivity contribution >= 4 is 16.7 Å². The van der Waals surface area contributed by atoms with Crippen LogP contribution in [0.1, 0.15) is 77.0 Å². The van der Waals surface area contributed by atoms with Crippen LogP contribution < -0.4 is 0 Å². The average Bonchev–Trinajstić information content (AvgIpc) is 2.65. The highest BCUT2D eigenvalue weighted by Gasteiger charge is 2.22. The van der Waals surface area contributed by atoms with Crippen LogP contribution in [0.2, 0.25) is 0 Å². The highest BCUT2D eigenvalue weighted by atomic mass is 16.6. The van der Waals surface area contributed by atoms with Gasteiger partial charge >= 0.3 is 5.97 Å². The fourth-order valence-electron chi connectivity index (χ4n) is 4.01. The minimum atomic E-state index is -0.474. The first-order chi connectivity index (χ1) is 14.0. The molecule has 0 N–H and O–H groups in total. The fourth-order valence-corrected chi connectivity index (χ4v) is 4.01. The van der Waals surface area contributed by atoms with Crippen LogP contribution in [0.5, 0.6) is 0 Å². The van der Waals surface area contributed by atoms with Crippen LogP contribution in [0.3, 0.4) is 0 Å². The lowest BCUT2D eigenvalue weighted by Gasteiger charge is -2.24. The lowest BCUT2D eigenvalue weighted by Crippen LogP contribution is -2.25. The normalized spacial score (nSPS) is 12.0. The zero-order chi connectivity index (χ0) is 22.1. The van der Waals surface area contributed by atoms with E-state index in [1.807, 2.05) is 20.8 Å². The molecule has 0 aliphatic rings. The van der Waals surface area contributed by atoms with Gasteiger partial charge in [-0.1, -0.05) is 76.2 Å². The first-order valence-corrected chi connectivity index (χ1v) is 10.9. The molecule has 0 aliphatic carbocycles. The van der Waals surface area contributed by atoms with E-state index in [4.69, 9.17) is 4.74 Å². The summed E-state index contributed by atoms with van der Waals surface area (Å²) in [6.45, 7) is 14.5. The van der Waals surface area contributed by atoms with Crippen molar-refractivity contribution in [1.82, 2.24) is 0 Å². The largest absolute Gasteiger partial charge is 0.460 e. The summed E-state index contributed by atoms with van der Waals surface area (Å²) in [5, 5.41) is 2.49. The Hall–Kier alpha value is -2.61. The van der Waals surface area contributed by atoms with E-state index in [1.165, 1.54) is 33.0 Å². The topological polar surface area (TPSA) is 26.3 Å². The Labute approximate surface area is 181 Å². The maximum Gasteiger partial charge on any atom is 0.310 e. The first-order valence-electron chi connectivity index (χ1n) is 10.9. The molecule has 3 aromatic rings. The van der Waals surface area contributed by atoms with Gasteiger partial charge in [-0.05, 0) is 77.3 Å². The van der Waals surface area contributed by atoms with Gasteiger partial charge < -0.3 is 4.74 Å². The SMILES string of the molecule is CC(C)c1cc(-c2ccc3ccccc3c2)cc(C(C)C)c1CC(=O)OC(C)(C)C. The summed E-state index contributed by atoms with van der Waals surface area (Å²) in [5.41, 5.74) is 5.53. The minimum Gasteiger partial charge on any atom is -0.460 e. The van der Waals surface area contributed by atoms with Crippen molar-refractivity contribution in [3.05, 3.63) is 71.3 Å². The van der Waals surface area contributed by atoms with E-state index >= 15 is 0 Å². The molecule has 158 valence electrons. The molecule has 0 atom stereocenters. The summed E-state index contributed by atoms with van der Waals surface area (Å²) >= 11 is 0. The first kappa shape index (κ1) is 22.1. The second-order valence-corrected chi connectivity index (χ2v) is 9.77. The summed E-state index contributed by atoms with van der Waals surface area (Å²) in [7, 11) is 0. The third-order valence-corrected chi connectivity index (χ3v) is 5.39. The van der Waals surface area contributed by atoms with Gasteiger partial charge in [0.2, 0.25) is 0 Å². The van der Waals surface area contributed by atoms with E-state index in [-0.39, 0.29) is 5.97 Å². The standard InChI is InChI=1S/C28H34O2/c1-18(2)24-15-23(22-13-12-20-10-8-9-11-21(20)14-22)16-25(19(3)4)26(24)17-27(29)30-28(5,6)7/h8-16,18-19H,17H2,1-7H3. The van der Waals surface area contributed by atoms with Crippen LogP contribution in [-0.4, -0.2) is 11.6 Å². The average molecular weight is 403 g/mol. The van der Waals surface area contributed by atoms with Gasteiger partial charge in [0.25, 0.3) is 0 Å². The summed E-state index contributed by atoms with van der Waals surface area (Å²) in [5.74, 6) is 0.477. The maximum atomic E-state index is 12.7. The van der Waals surface area contributed by atoms with Gasteiger partial charge in [0, 0.05) is 0 Å². The number of carbonyl (C=O) groups is 1. The molecule has 3 aromatic carbocycles. The van der Waals surface area contributed by atoms with Crippen molar-refractivity contribution in [2.75, 3.05) is 0 Å². The van der Waals surface area contributed by atoms with Crippen LogP contribution in [0.4, 0.5) is 0 Å². The number of benzene rings is 3. The molecule has 0 fully saturated rings. The highest BCUT2D eigenvalue weighted by molar-refractivity contribution is 5.87. The van der Waals surface area contributed by atoms with Crippen molar-refractivity contribution < 1.29 is 9.53 Å². The Morgan fingerprint density at radius 1 is 0.800 bits per heavy atom. The van der Waals surface area contributed by atoms with Crippen molar-refractivity contribution in [2.45, 2.75) is 72.3 Å². The van der Waals surface area contributed by atoms with Crippen molar-refractivity contribution in [3.8, 4) is 11.1 Å². The van der Waals surface area contributed by atoms with E-state index < -0.39 is 5.60 Å². The molecule has 0 aromatic heterocycles. The monoisotopic (exact) mass is 402 g/mol. The third kappa shape index (κ3) is 5.11. The molecule has 0 spiro atoms. The van der Waals surface area contributed by atoms with Crippen molar-refractivity contribution in [2.24, 2.45) is 0 Å². The molecule has 0 amide bonds. The molecule has 2 nitrogen and oxygen atoms in total. The summed E-state index contributed by atoms with van der Waals surface area (Å²) < 4.78 is 5.64.